The van der Waals surface area contributed by atoms with E-state index in [-0.39, 0.29) is 30.2 Å². The van der Waals surface area contributed by atoms with Crippen molar-refractivity contribution in [3.05, 3.63) is 81.3 Å². The number of carbonyl (C=O) groups excluding carboxylic acids is 2. The summed E-state index contributed by atoms with van der Waals surface area (Å²) in [7, 11) is 0. The Morgan fingerprint density at radius 1 is 1.06 bits per heavy atom. The molecule has 186 valence electrons. The first kappa shape index (κ1) is 23.7. The van der Waals surface area contributed by atoms with Crippen LogP contribution >= 0.6 is 0 Å². The third-order valence-corrected chi connectivity index (χ3v) is 6.67. The Labute approximate surface area is 209 Å². The number of hydrogen-bond acceptors (Lipinski definition) is 6. The van der Waals surface area contributed by atoms with Crippen molar-refractivity contribution in [1.82, 2.24) is 9.97 Å². The molecule has 5 rings (SSSR count). The molecular formula is C27H29N5O4. The fourth-order valence-electron chi connectivity index (χ4n) is 4.68. The molecule has 0 radical (unpaired) electrons. The average Bonchev–Trinajstić information content (AvgIpc) is 3.33. The summed E-state index contributed by atoms with van der Waals surface area (Å²) in [5.41, 5.74) is 4.21. The van der Waals surface area contributed by atoms with Crippen LogP contribution < -0.4 is 20.7 Å². The Morgan fingerprint density at radius 3 is 2.56 bits per heavy atom. The van der Waals surface area contributed by atoms with E-state index >= 15 is 0 Å². The van der Waals surface area contributed by atoms with Gasteiger partial charge in [0.05, 0.1) is 13.2 Å². The summed E-state index contributed by atoms with van der Waals surface area (Å²) in [6.07, 6.45) is 1.28. The minimum absolute atomic E-state index is 0.0550. The second-order valence-corrected chi connectivity index (χ2v) is 9.01. The topological polar surface area (TPSA) is 108 Å². The van der Waals surface area contributed by atoms with E-state index in [2.05, 4.69) is 15.3 Å². The van der Waals surface area contributed by atoms with Crippen molar-refractivity contribution in [2.75, 3.05) is 48.0 Å². The van der Waals surface area contributed by atoms with E-state index < -0.39 is 0 Å². The van der Waals surface area contributed by atoms with Crippen molar-refractivity contribution in [3.8, 4) is 0 Å². The molecule has 3 heterocycles. The average molecular weight is 488 g/mol. The van der Waals surface area contributed by atoms with E-state index in [0.29, 0.717) is 61.3 Å². The van der Waals surface area contributed by atoms with Crippen LogP contribution in [0.25, 0.3) is 0 Å². The Balaban J connectivity index is 1.18. The molecule has 9 heteroatoms. The van der Waals surface area contributed by atoms with Gasteiger partial charge in [0.25, 0.3) is 11.5 Å². The summed E-state index contributed by atoms with van der Waals surface area (Å²) in [4.78, 5) is 49.3. The SMILES string of the molecule is Cc1nc(N2CCOCC2)[nH]c(=O)c1CCC(=O)Nc1ccc(C(=O)N2CCc3ccccc32)cc1. The van der Waals surface area contributed by atoms with E-state index in [9.17, 15) is 14.4 Å². The lowest BCUT2D eigenvalue weighted by molar-refractivity contribution is -0.116. The molecule has 3 aromatic rings. The minimum atomic E-state index is -0.219. The number of para-hydroxylation sites is 1. The number of anilines is 3. The van der Waals surface area contributed by atoms with Gasteiger partial charge < -0.3 is 19.9 Å². The standard InChI is InChI=1S/C27H29N5O4/c1-18-22(25(34)30-27(28-18)31-14-16-36-17-15-31)10-11-24(33)29-21-8-6-20(7-9-21)26(35)32-13-12-19-4-2-3-5-23(19)32/h2-9H,10-17H2,1H3,(H,29,33)(H,28,30,34). The summed E-state index contributed by atoms with van der Waals surface area (Å²) in [6, 6.07) is 14.8. The molecule has 0 saturated carbocycles. The number of fused-ring (bicyclic) bond motifs is 1. The highest BCUT2D eigenvalue weighted by molar-refractivity contribution is 6.07. The maximum absolute atomic E-state index is 13.0. The van der Waals surface area contributed by atoms with Crippen molar-refractivity contribution in [3.63, 3.8) is 0 Å². The molecule has 9 nitrogen and oxygen atoms in total. The van der Waals surface area contributed by atoms with Crippen molar-refractivity contribution < 1.29 is 14.3 Å². The summed E-state index contributed by atoms with van der Waals surface area (Å²) < 4.78 is 5.35. The summed E-state index contributed by atoms with van der Waals surface area (Å²) in [6.45, 7) is 5.02. The number of carbonyl (C=O) groups is 2. The number of nitrogens with zero attached hydrogens (tertiary/aromatic N) is 3. The molecule has 0 atom stereocenters. The number of amides is 2. The lowest BCUT2D eigenvalue weighted by Gasteiger charge is -2.27. The highest BCUT2D eigenvalue weighted by Crippen LogP contribution is 2.29. The summed E-state index contributed by atoms with van der Waals surface area (Å²) >= 11 is 0. The first-order chi connectivity index (χ1) is 17.5. The molecule has 1 saturated heterocycles. The number of rotatable bonds is 6. The first-order valence-electron chi connectivity index (χ1n) is 12.2. The van der Waals surface area contributed by atoms with Crippen LogP contribution in [0.3, 0.4) is 0 Å². The number of aromatic amines is 1. The molecule has 1 fully saturated rings. The molecule has 0 aliphatic carbocycles. The van der Waals surface area contributed by atoms with Crippen LogP contribution in [0, 0.1) is 6.92 Å². The first-order valence-corrected chi connectivity index (χ1v) is 12.2. The highest BCUT2D eigenvalue weighted by atomic mass is 16.5. The maximum Gasteiger partial charge on any atom is 0.258 e. The zero-order valence-corrected chi connectivity index (χ0v) is 20.3. The fraction of sp³-hybridized carbons (Fsp3) is 0.333. The zero-order chi connectivity index (χ0) is 25.1. The number of aryl methyl sites for hydroxylation is 1. The quantitative estimate of drug-likeness (QED) is 0.554. The molecular weight excluding hydrogens is 458 g/mol. The maximum atomic E-state index is 13.0. The number of benzene rings is 2. The second kappa shape index (κ2) is 10.3. The Bertz CT molecular complexity index is 1330. The van der Waals surface area contributed by atoms with Gasteiger partial charge in [-0.2, -0.15) is 0 Å². The number of hydrogen-bond donors (Lipinski definition) is 2. The van der Waals surface area contributed by atoms with Gasteiger partial charge in [0.2, 0.25) is 11.9 Å². The molecule has 0 spiro atoms. The number of nitrogens with one attached hydrogen (secondary N) is 2. The van der Waals surface area contributed by atoms with Crippen molar-refractivity contribution in [2.45, 2.75) is 26.2 Å². The Kier molecular flexibility index (Phi) is 6.81. The smallest absolute Gasteiger partial charge is 0.258 e. The molecule has 2 amide bonds. The van der Waals surface area contributed by atoms with Crippen LogP contribution in [0.5, 0.6) is 0 Å². The van der Waals surface area contributed by atoms with Gasteiger partial charge >= 0.3 is 0 Å². The van der Waals surface area contributed by atoms with Crippen molar-refractivity contribution >= 4 is 29.1 Å². The lowest BCUT2D eigenvalue weighted by Crippen LogP contribution is -2.38. The predicted octanol–water partition coefficient (Wildman–Crippen LogP) is 2.69. The molecule has 36 heavy (non-hydrogen) atoms. The normalized spacial score (nSPS) is 15.0. The van der Waals surface area contributed by atoms with Crippen LogP contribution in [0.4, 0.5) is 17.3 Å². The third-order valence-electron chi connectivity index (χ3n) is 6.67. The van der Waals surface area contributed by atoms with Gasteiger partial charge in [-0.05, 0) is 55.7 Å². The van der Waals surface area contributed by atoms with E-state index in [0.717, 1.165) is 12.1 Å². The molecule has 2 aliphatic heterocycles. The predicted molar refractivity (Wildman–Crippen MR) is 138 cm³/mol. The van der Waals surface area contributed by atoms with Crippen LogP contribution in [-0.4, -0.2) is 54.6 Å². The minimum Gasteiger partial charge on any atom is -0.378 e. The molecule has 2 aliphatic rings. The van der Waals surface area contributed by atoms with Crippen LogP contribution in [-0.2, 0) is 22.4 Å². The molecule has 2 aromatic carbocycles. The lowest BCUT2D eigenvalue weighted by atomic mass is 10.1. The highest BCUT2D eigenvalue weighted by Gasteiger charge is 2.25. The van der Waals surface area contributed by atoms with Crippen molar-refractivity contribution in [2.24, 2.45) is 0 Å². The van der Waals surface area contributed by atoms with E-state index in [1.165, 1.54) is 5.56 Å². The second-order valence-electron chi connectivity index (χ2n) is 9.01. The number of aromatic nitrogens is 2. The summed E-state index contributed by atoms with van der Waals surface area (Å²) in [5.74, 6) is 0.278. The fourth-order valence-corrected chi connectivity index (χ4v) is 4.68. The Hall–Kier alpha value is -3.98. The third kappa shape index (κ3) is 5.01. The van der Waals surface area contributed by atoms with E-state index in [1.54, 1.807) is 36.1 Å². The van der Waals surface area contributed by atoms with Crippen LogP contribution in [0.2, 0.25) is 0 Å². The van der Waals surface area contributed by atoms with Gasteiger partial charge in [0.1, 0.15) is 0 Å². The van der Waals surface area contributed by atoms with Gasteiger partial charge in [-0.3, -0.25) is 19.4 Å². The van der Waals surface area contributed by atoms with Crippen LogP contribution in [0.15, 0.2) is 53.3 Å². The number of H-pyrrole nitrogens is 1. The van der Waals surface area contributed by atoms with Gasteiger partial charge in [-0.1, -0.05) is 18.2 Å². The van der Waals surface area contributed by atoms with E-state index in [4.69, 9.17) is 4.74 Å². The van der Waals surface area contributed by atoms with Gasteiger partial charge in [-0.25, -0.2) is 4.98 Å². The molecule has 0 bridgehead atoms. The molecule has 1 aromatic heterocycles. The van der Waals surface area contributed by atoms with E-state index in [1.807, 2.05) is 29.2 Å². The zero-order valence-electron chi connectivity index (χ0n) is 20.3. The monoisotopic (exact) mass is 487 g/mol. The van der Waals surface area contributed by atoms with Crippen molar-refractivity contribution in [1.29, 1.82) is 0 Å². The number of ether oxygens (including phenoxy) is 1. The van der Waals surface area contributed by atoms with Gasteiger partial charge in [0.15, 0.2) is 0 Å². The number of morpholine rings is 1. The molecule has 0 unspecified atom stereocenters. The largest absolute Gasteiger partial charge is 0.378 e. The molecule has 2 N–H and O–H groups in total. The van der Waals surface area contributed by atoms with Gasteiger partial charge in [-0.15, -0.1) is 0 Å². The summed E-state index contributed by atoms with van der Waals surface area (Å²) in [5, 5.41) is 2.85. The Morgan fingerprint density at radius 2 is 1.81 bits per heavy atom. The van der Waals surface area contributed by atoms with Crippen LogP contribution in [0.1, 0.15) is 33.6 Å². The van der Waals surface area contributed by atoms with Gasteiger partial charge in [0, 0.05) is 54.3 Å².